The molecular weight excluding hydrogens is 434 g/mol. The monoisotopic (exact) mass is 463 g/mol. The Kier molecular flexibility index (Phi) is 5.64. The largest absolute Gasteiger partial charge is 0.326 e. The summed E-state index contributed by atoms with van der Waals surface area (Å²) in [5.74, 6) is 0. The molecule has 6 aromatic carbocycles. The lowest BCUT2D eigenvalue weighted by Crippen LogP contribution is -2.31. The van der Waals surface area contributed by atoms with Crippen molar-refractivity contribution < 1.29 is 0 Å². The number of hydrogen-bond acceptors (Lipinski definition) is 1. The Balaban J connectivity index is 1.71. The molecule has 1 heteroatoms. The maximum atomic E-state index is 5.92. The molecule has 0 fully saturated rings. The van der Waals surface area contributed by atoms with Crippen molar-refractivity contribution in [1.82, 2.24) is 0 Å². The quantitative estimate of drug-likeness (QED) is 0.257. The van der Waals surface area contributed by atoms with E-state index in [9.17, 15) is 0 Å². The van der Waals surface area contributed by atoms with Crippen LogP contribution in [0.5, 0.6) is 0 Å². The first-order chi connectivity index (χ1) is 17.7. The van der Waals surface area contributed by atoms with Crippen molar-refractivity contribution in [2.75, 3.05) is 0 Å². The van der Waals surface area contributed by atoms with Gasteiger partial charge in [-0.25, -0.2) is 0 Å². The van der Waals surface area contributed by atoms with Crippen LogP contribution in [0, 0.1) is 6.92 Å². The highest BCUT2D eigenvalue weighted by molar-refractivity contribution is 5.87. The molecule has 0 saturated carbocycles. The van der Waals surface area contributed by atoms with Gasteiger partial charge in [-0.2, -0.15) is 0 Å². The van der Waals surface area contributed by atoms with Crippen LogP contribution in [0.1, 0.15) is 33.4 Å². The van der Waals surface area contributed by atoms with Crippen LogP contribution in [0.3, 0.4) is 0 Å². The van der Waals surface area contributed by atoms with Crippen molar-refractivity contribution in [1.29, 1.82) is 0 Å². The fourth-order valence-corrected chi connectivity index (χ4v) is 5.63. The lowest BCUT2D eigenvalue weighted by Gasteiger charge is -2.37. The summed E-state index contributed by atoms with van der Waals surface area (Å²) in [7, 11) is 0. The fraction of sp³-hybridized carbons (Fsp3) is 0.0857. The van der Waals surface area contributed by atoms with Gasteiger partial charge in [-0.15, -0.1) is 0 Å². The van der Waals surface area contributed by atoms with E-state index < -0.39 is 5.41 Å². The van der Waals surface area contributed by atoms with Gasteiger partial charge in [-0.1, -0.05) is 121 Å². The molecule has 0 aromatic heterocycles. The molecule has 0 radical (unpaired) electrons. The van der Waals surface area contributed by atoms with Crippen LogP contribution in [0.15, 0.2) is 133 Å². The summed E-state index contributed by atoms with van der Waals surface area (Å²) >= 11 is 0. The first kappa shape index (κ1) is 22.3. The Labute approximate surface area is 212 Å². The van der Waals surface area contributed by atoms with Gasteiger partial charge in [-0.05, 0) is 74.5 Å². The Morgan fingerprint density at radius 2 is 0.944 bits per heavy atom. The molecule has 6 aromatic rings. The van der Waals surface area contributed by atoms with Gasteiger partial charge in [0.15, 0.2) is 0 Å². The van der Waals surface area contributed by atoms with Crippen molar-refractivity contribution in [2.24, 2.45) is 5.73 Å². The number of aryl methyl sites for hydroxylation is 1. The van der Waals surface area contributed by atoms with Crippen LogP contribution in [0.4, 0.5) is 0 Å². The summed E-state index contributed by atoms with van der Waals surface area (Å²) in [6, 6.07) is 48.9. The Bertz CT molecular complexity index is 1630. The van der Waals surface area contributed by atoms with Gasteiger partial charge in [0.25, 0.3) is 0 Å². The van der Waals surface area contributed by atoms with Gasteiger partial charge < -0.3 is 5.73 Å². The fourth-order valence-electron chi connectivity index (χ4n) is 5.63. The van der Waals surface area contributed by atoms with Crippen molar-refractivity contribution in [3.8, 4) is 0 Å². The average molecular weight is 464 g/mol. The molecule has 0 heterocycles. The van der Waals surface area contributed by atoms with Crippen LogP contribution in [-0.2, 0) is 12.0 Å². The minimum absolute atomic E-state index is 0.470. The van der Waals surface area contributed by atoms with E-state index in [1.807, 2.05) is 0 Å². The lowest BCUT2D eigenvalue weighted by molar-refractivity contribution is 0.748. The van der Waals surface area contributed by atoms with E-state index in [1.54, 1.807) is 0 Å². The highest BCUT2D eigenvalue weighted by Gasteiger charge is 2.38. The average Bonchev–Trinajstić information content (AvgIpc) is 2.94. The molecule has 0 atom stereocenters. The Morgan fingerprint density at radius 1 is 0.472 bits per heavy atom. The van der Waals surface area contributed by atoms with E-state index in [1.165, 1.54) is 49.4 Å². The van der Waals surface area contributed by atoms with Crippen molar-refractivity contribution in [3.05, 3.63) is 167 Å². The molecule has 0 spiro atoms. The van der Waals surface area contributed by atoms with Crippen molar-refractivity contribution >= 4 is 21.5 Å². The third kappa shape index (κ3) is 3.69. The lowest BCUT2D eigenvalue weighted by atomic mass is 9.64. The van der Waals surface area contributed by atoms with Crippen molar-refractivity contribution in [2.45, 2.75) is 18.9 Å². The van der Waals surface area contributed by atoms with E-state index in [0.717, 1.165) is 5.56 Å². The van der Waals surface area contributed by atoms with Gasteiger partial charge in [-0.3, -0.25) is 0 Å². The molecule has 0 bridgehead atoms. The van der Waals surface area contributed by atoms with Crippen LogP contribution >= 0.6 is 0 Å². The minimum Gasteiger partial charge on any atom is -0.326 e. The maximum absolute atomic E-state index is 5.92. The third-order valence-corrected chi connectivity index (χ3v) is 7.42. The predicted octanol–water partition coefficient (Wildman–Crippen LogP) is 8.14. The molecule has 0 amide bonds. The summed E-state index contributed by atoms with van der Waals surface area (Å²) in [5, 5.41) is 4.95. The molecule has 174 valence electrons. The second-order valence-electron chi connectivity index (χ2n) is 9.65. The highest BCUT2D eigenvalue weighted by atomic mass is 14.5. The predicted molar refractivity (Wildman–Crippen MR) is 152 cm³/mol. The van der Waals surface area contributed by atoms with E-state index >= 15 is 0 Å². The molecular formula is C35H29N. The van der Waals surface area contributed by atoms with Gasteiger partial charge in [0.2, 0.25) is 0 Å². The molecule has 1 nitrogen and oxygen atoms in total. The number of nitrogens with two attached hydrogens (primary N) is 1. The Hall–Kier alpha value is -4.20. The van der Waals surface area contributed by atoms with E-state index in [4.69, 9.17) is 5.73 Å². The zero-order valence-electron chi connectivity index (χ0n) is 20.5. The molecule has 2 N–H and O–H groups in total. The summed E-state index contributed by atoms with van der Waals surface area (Å²) < 4.78 is 0. The Morgan fingerprint density at radius 3 is 1.50 bits per heavy atom. The van der Waals surface area contributed by atoms with Crippen LogP contribution in [0.25, 0.3) is 21.5 Å². The number of hydrogen-bond donors (Lipinski definition) is 1. The van der Waals surface area contributed by atoms with Gasteiger partial charge >= 0.3 is 0 Å². The molecule has 36 heavy (non-hydrogen) atoms. The summed E-state index contributed by atoms with van der Waals surface area (Å²) in [6.45, 7) is 2.70. The normalized spacial score (nSPS) is 11.7. The van der Waals surface area contributed by atoms with E-state index in [2.05, 4.69) is 140 Å². The molecule has 0 saturated heterocycles. The molecule has 0 unspecified atom stereocenters. The molecule has 0 aliphatic heterocycles. The van der Waals surface area contributed by atoms with Crippen LogP contribution < -0.4 is 5.73 Å². The first-order valence-electron chi connectivity index (χ1n) is 12.5. The van der Waals surface area contributed by atoms with Gasteiger partial charge in [0.05, 0.1) is 5.41 Å². The second-order valence-corrected chi connectivity index (χ2v) is 9.65. The summed E-state index contributed by atoms with van der Waals surface area (Å²) in [6.07, 6.45) is 0. The number of benzene rings is 6. The number of rotatable bonds is 5. The van der Waals surface area contributed by atoms with Gasteiger partial charge in [0.1, 0.15) is 0 Å². The highest BCUT2D eigenvalue weighted by Crippen LogP contribution is 2.46. The van der Waals surface area contributed by atoms with Crippen molar-refractivity contribution in [3.63, 3.8) is 0 Å². The van der Waals surface area contributed by atoms with Crippen LogP contribution in [-0.4, -0.2) is 0 Å². The van der Waals surface area contributed by atoms with Crippen LogP contribution in [0.2, 0.25) is 0 Å². The van der Waals surface area contributed by atoms with Gasteiger partial charge in [0, 0.05) is 6.54 Å². The third-order valence-electron chi connectivity index (χ3n) is 7.42. The minimum atomic E-state index is -0.470. The van der Waals surface area contributed by atoms with E-state index in [-0.39, 0.29) is 0 Å². The smallest absolute Gasteiger partial charge is 0.0702 e. The summed E-state index contributed by atoms with van der Waals surface area (Å²) in [5.41, 5.74) is 12.9. The molecule has 6 rings (SSSR count). The zero-order chi connectivity index (χ0) is 24.5. The zero-order valence-corrected chi connectivity index (χ0v) is 20.5. The SMILES string of the molecule is Cc1ccc2cc(C(c3ccccc3)(c3ccccc3)c3ccc4cc(CN)ccc4c3)ccc2c1. The molecule has 0 aliphatic carbocycles. The standard InChI is InChI=1S/C35H29N/c1-25-12-14-29-22-33(18-16-27(29)20-25)35(31-8-4-2-5-9-31,32-10-6-3-7-11-32)34-19-17-28-21-26(24-36)13-15-30(28)23-34/h2-23H,24,36H2,1H3. The topological polar surface area (TPSA) is 26.0 Å². The number of fused-ring (bicyclic) bond motifs is 2. The van der Waals surface area contributed by atoms with E-state index in [0.29, 0.717) is 6.54 Å². The first-order valence-corrected chi connectivity index (χ1v) is 12.5. The maximum Gasteiger partial charge on any atom is 0.0702 e. The summed E-state index contributed by atoms with van der Waals surface area (Å²) in [4.78, 5) is 0. The molecule has 0 aliphatic rings. The second kappa shape index (κ2) is 9.11.